The molecule has 0 aliphatic heterocycles. The highest BCUT2D eigenvalue weighted by Crippen LogP contribution is 2.54. The van der Waals surface area contributed by atoms with E-state index in [9.17, 15) is 10.2 Å². The maximum absolute atomic E-state index is 9.37. The van der Waals surface area contributed by atoms with Crippen LogP contribution in [0, 0.1) is 17.8 Å². The predicted molar refractivity (Wildman–Crippen MR) is 111 cm³/mol. The molecule has 148 valence electrons. The van der Waals surface area contributed by atoms with Crippen molar-refractivity contribution in [3.63, 3.8) is 0 Å². The van der Waals surface area contributed by atoms with Gasteiger partial charge in [0, 0.05) is 0 Å². The van der Waals surface area contributed by atoms with Crippen LogP contribution in [0.25, 0.3) is 0 Å². The van der Waals surface area contributed by atoms with Crippen molar-refractivity contribution in [1.29, 1.82) is 0 Å². The molecule has 4 unspecified atom stereocenters. The molecule has 2 N–H and O–H groups in total. The Balaban J connectivity index is 0.000000247. The van der Waals surface area contributed by atoms with Crippen LogP contribution < -0.4 is 0 Å². The molecule has 3 rings (SSSR count). The van der Waals surface area contributed by atoms with E-state index >= 15 is 0 Å². The normalized spacial score (nSPS) is 26.3. The minimum absolute atomic E-state index is 0.0648. The molecule has 2 aliphatic rings. The smallest absolute Gasteiger partial charge is 0.115 e. The number of rotatable bonds is 9. The van der Waals surface area contributed by atoms with Crippen LogP contribution in [-0.4, -0.2) is 16.3 Å². The molecule has 0 aromatic heterocycles. The highest BCUT2D eigenvalue weighted by molar-refractivity contribution is 5.28. The lowest BCUT2D eigenvalue weighted by molar-refractivity contribution is 0.153. The van der Waals surface area contributed by atoms with Crippen molar-refractivity contribution in [2.75, 3.05) is 0 Å². The Labute approximate surface area is 161 Å². The molecule has 0 heterocycles. The number of benzene rings is 1. The third-order valence-corrected chi connectivity index (χ3v) is 6.41. The molecule has 1 aromatic rings. The number of hydrogen-bond acceptors (Lipinski definition) is 2. The van der Waals surface area contributed by atoms with Gasteiger partial charge in [0.25, 0.3) is 0 Å². The van der Waals surface area contributed by atoms with Crippen molar-refractivity contribution in [3.8, 4) is 5.75 Å². The summed E-state index contributed by atoms with van der Waals surface area (Å²) in [6, 6.07) is 7.83. The van der Waals surface area contributed by atoms with Crippen LogP contribution in [0.15, 0.2) is 24.3 Å². The first-order chi connectivity index (χ1) is 12.6. The fourth-order valence-corrected chi connectivity index (χ4v) is 4.57. The van der Waals surface area contributed by atoms with E-state index in [2.05, 4.69) is 32.9 Å². The summed E-state index contributed by atoms with van der Waals surface area (Å²) in [5, 5.41) is 18.6. The van der Waals surface area contributed by atoms with Gasteiger partial charge in [-0.2, -0.15) is 0 Å². The van der Waals surface area contributed by atoms with Crippen LogP contribution in [0.3, 0.4) is 0 Å². The minimum atomic E-state index is 0.0648. The third-order valence-electron chi connectivity index (χ3n) is 6.41. The SMILES string of the molecule is CC1CC(O)C2CC12.CCCCCC(CCCCC)c1ccc(O)cc1. The average Bonchev–Trinajstić information content (AvgIpc) is 3.38. The number of phenolic OH excluding ortho intramolecular Hbond substituents is 1. The van der Waals surface area contributed by atoms with E-state index in [-0.39, 0.29) is 6.10 Å². The second-order valence-electron chi connectivity index (χ2n) is 8.62. The predicted octanol–water partition coefficient (Wildman–Crippen LogP) is 6.66. The number of aliphatic hydroxyl groups is 1. The molecule has 2 heteroatoms. The number of fused-ring (bicyclic) bond motifs is 1. The Morgan fingerprint density at radius 2 is 1.46 bits per heavy atom. The lowest BCUT2D eigenvalue weighted by atomic mass is 9.88. The van der Waals surface area contributed by atoms with Crippen LogP contribution in [-0.2, 0) is 0 Å². The van der Waals surface area contributed by atoms with Crippen LogP contribution in [0.5, 0.6) is 5.75 Å². The second-order valence-corrected chi connectivity index (χ2v) is 8.62. The van der Waals surface area contributed by atoms with Crippen molar-refractivity contribution in [2.24, 2.45) is 17.8 Å². The summed E-state index contributed by atoms with van der Waals surface area (Å²) in [5.74, 6) is 3.49. The number of aromatic hydroxyl groups is 1. The van der Waals surface area contributed by atoms with Gasteiger partial charge in [0.1, 0.15) is 5.75 Å². The lowest BCUT2D eigenvalue weighted by Crippen LogP contribution is -2.05. The van der Waals surface area contributed by atoms with Gasteiger partial charge >= 0.3 is 0 Å². The maximum Gasteiger partial charge on any atom is 0.115 e. The number of phenols is 1. The van der Waals surface area contributed by atoms with Crippen molar-refractivity contribution < 1.29 is 10.2 Å². The molecular weight excluding hydrogens is 320 g/mol. The molecular formula is C24H40O2. The number of unbranched alkanes of at least 4 members (excludes halogenated alkanes) is 4. The first-order valence-electron chi connectivity index (χ1n) is 11.0. The summed E-state index contributed by atoms with van der Waals surface area (Å²) < 4.78 is 0. The van der Waals surface area contributed by atoms with Gasteiger partial charge in [-0.05, 0) is 67.1 Å². The van der Waals surface area contributed by atoms with Gasteiger partial charge < -0.3 is 10.2 Å². The van der Waals surface area contributed by atoms with E-state index in [1.54, 1.807) is 0 Å². The summed E-state index contributed by atoms with van der Waals surface area (Å²) in [7, 11) is 0. The van der Waals surface area contributed by atoms with Crippen LogP contribution >= 0.6 is 0 Å². The van der Waals surface area contributed by atoms with Crippen molar-refractivity contribution >= 4 is 0 Å². The van der Waals surface area contributed by atoms with E-state index in [0.717, 1.165) is 18.3 Å². The largest absolute Gasteiger partial charge is 0.508 e. The molecule has 2 aliphatic carbocycles. The highest BCUT2D eigenvalue weighted by Gasteiger charge is 2.51. The molecule has 2 nitrogen and oxygen atoms in total. The molecule has 4 atom stereocenters. The monoisotopic (exact) mass is 360 g/mol. The molecule has 2 saturated carbocycles. The molecule has 0 saturated heterocycles. The molecule has 1 aromatic carbocycles. The second kappa shape index (κ2) is 11.0. The summed E-state index contributed by atoms with van der Waals surface area (Å²) in [6.45, 7) is 6.76. The van der Waals surface area contributed by atoms with E-state index in [1.165, 1.54) is 63.4 Å². The summed E-state index contributed by atoms with van der Waals surface area (Å²) in [5.41, 5.74) is 1.40. The first kappa shape index (κ1) is 21.3. The van der Waals surface area contributed by atoms with Gasteiger partial charge in [0.05, 0.1) is 6.10 Å². The molecule has 2 fully saturated rings. The molecule has 26 heavy (non-hydrogen) atoms. The Morgan fingerprint density at radius 3 is 1.81 bits per heavy atom. The standard InChI is InChI=1S/C17H28O.C7H12O/c1-3-5-7-9-15(10-8-6-4-2)16-11-13-17(18)14-12-16;1-4-2-7(8)6-3-5(4)6/h11-15,18H,3-10H2,1-2H3;4-8H,2-3H2,1H3. The molecule has 0 radical (unpaired) electrons. The Hall–Kier alpha value is -1.02. The van der Waals surface area contributed by atoms with Crippen molar-refractivity contribution in [3.05, 3.63) is 29.8 Å². The van der Waals surface area contributed by atoms with Gasteiger partial charge in [0.15, 0.2) is 0 Å². The van der Waals surface area contributed by atoms with Gasteiger partial charge in [0.2, 0.25) is 0 Å². The Morgan fingerprint density at radius 1 is 0.885 bits per heavy atom. The van der Waals surface area contributed by atoms with Crippen LogP contribution in [0.2, 0.25) is 0 Å². The van der Waals surface area contributed by atoms with E-state index in [4.69, 9.17) is 0 Å². The van der Waals surface area contributed by atoms with Crippen LogP contribution in [0.1, 0.15) is 96.5 Å². The first-order valence-corrected chi connectivity index (χ1v) is 11.0. The summed E-state index contributed by atoms with van der Waals surface area (Å²) in [4.78, 5) is 0. The fourth-order valence-electron chi connectivity index (χ4n) is 4.57. The molecule has 0 amide bonds. The topological polar surface area (TPSA) is 40.5 Å². The maximum atomic E-state index is 9.37. The Bertz CT molecular complexity index is 469. The van der Waals surface area contributed by atoms with Crippen molar-refractivity contribution in [1.82, 2.24) is 0 Å². The fraction of sp³-hybridized carbons (Fsp3) is 0.750. The van der Waals surface area contributed by atoms with E-state index in [0.29, 0.717) is 17.6 Å². The van der Waals surface area contributed by atoms with E-state index < -0.39 is 0 Å². The lowest BCUT2D eigenvalue weighted by Gasteiger charge is -2.17. The average molecular weight is 361 g/mol. The zero-order valence-electron chi connectivity index (χ0n) is 17.2. The minimum Gasteiger partial charge on any atom is -0.508 e. The summed E-state index contributed by atoms with van der Waals surface area (Å²) in [6.07, 6.45) is 12.9. The zero-order chi connectivity index (χ0) is 18.9. The van der Waals surface area contributed by atoms with Gasteiger partial charge in [-0.15, -0.1) is 0 Å². The van der Waals surface area contributed by atoms with Gasteiger partial charge in [-0.1, -0.05) is 71.4 Å². The number of aliphatic hydroxyl groups excluding tert-OH is 1. The van der Waals surface area contributed by atoms with Gasteiger partial charge in [-0.25, -0.2) is 0 Å². The third kappa shape index (κ3) is 6.61. The molecule has 0 spiro atoms. The quantitative estimate of drug-likeness (QED) is 0.483. The number of hydrogen-bond donors (Lipinski definition) is 2. The molecule has 0 bridgehead atoms. The Kier molecular flexibility index (Phi) is 8.98. The zero-order valence-corrected chi connectivity index (χ0v) is 17.2. The van der Waals surface area contributed by atoms with Crippen LogP contribution in [0.4, 0.5) is 0 Å². The van der Waals surface area contributed by atoms with E-state index in [1.807, 2.05) is 12.1 Å². The summed E-state index contributed by atoms with van der Waals surface area (Å²) >= 11 is 0. The highest BCUT2D eigenvalue weighted by atomic mass is 16.3. The van der Waals surface area contributed by atoms with Crippen molar-refractivity contribution in [2.45, 2.75) is 97.0 Å². The van der Waals surface area contributed by atoms with Gasteiger partial charge in [-0.3, -0.25) is 0 Å².